The lowest BCUT2D eigenvalue weighted by atomic mass is 9.98. The van der Waals surface area contributed by atoms with Gasteiger partial charge in [-0.1, -0.05) is 31.9 Å². The zero-order valence-corrected chi connectivity index (χ0v) is 17.4. The molecule has 1 aromatic carbocycles. The summed E-state index contributed by atoms with van der Waals surface area (Å²) in [6, 6.07) is 3.80. The summed E-state index contributed by atoms with van der Waals surface area (Å²) >= 11 is 1.17. The van der Waals surface area contributed by atoms with E-state index in [-0.39, 0.29) is 16.8 Å². The maximum absolute atomic E-state index is 13.4. The molecule has 0 spiro atoms. The van der Waals surface area contributed by atoms with Crippen molar-refractivity contribution in [3.8, 4) is 11.1 Å². The molecule has 3 aromatic rings. The summed E-state index contributed by atoms with van der Waals surface area (Å²) < 4.78 is 41.3. The summed E-state index contributed by atoms with van der Waals surface area (Å²) in [5, 5.41) is 17.4. The molecule has 6 nitrogen and oxygen atoms in total. The fourth-order valence-electron chi connectivity index (χ4n) is 3.93. The normalized spacial score (nSPS) is 16.1. The quantitative estimate of drug-likeness (QED) is 0.522. The van der Waals surface area contributed by atoms with E-state index in [1.807, 2.05) is 0 Å². The molecule has 2 aromatic heterocycles. The Balaban J connectivity index is 2.03. The lowest BCUT2D eigenvalue weighted by Gasteiger charge is -2.15. The molecule has 0 saturated carbocycles. The molecule has 0 aliphatic carbocycles. The first-order valence-electron chi connectivity index (χ1n) is 9.92. The molecule has 0 radical (unpaired) electrons. The number of aromatic nitrogens is 3. The van der Waals surface area contributed by atoms with E-state index in [0.717, 1.165) is 36.0 Å². The molecule has 2 N–H and O–H groups in total. The van der Waals surface area contributed by atoms with Crippen molar-refractivity contribution < 1.29 is 23.1 Å². The summed E-state index contributed by atoms with van der Waals surface area (Å²) in [5.74, 6) is -1.04. The number of nitrogens with one attached hydrogen (secondary N) is 1. The van der Waals surface area contributed by atoms with Crippen LogP contribution in [0, 0.1) is 0 Å². The molecule has 0 bridgehead atoms. The number of rotatable bonds is 6. The standard InChI is InChI=1S/C21H20F3N3O3S/c1-2-3-4-8-13-16-15(11-6-5-7-12(9-11)21(22,23)24)19-27(14(10-31-19)20(29)30)18(28)17(16)26-25-13/h5-7,9,14H,2-4,8,10H2,1H3,(H,25,26)(H,29,30)/t14-/m0/s1. The van der Waals surface area contributed by atoms with Gasteiger partial charge in [0.25, 0.3) is 5.56 Å². The number of nitrogens with zero attached hydrogens (tertiary/aromatic N) is 2. The van der Waals surface area contributed by atoms with Crippen molar-refractivity contribution in [2.24, 2.45) is 0 Å². The molecule has 0 fully saturated rings. The maximum atomic E-state index is 13.4. The van der Waals surface area contributed by atoms with Gasteiger partial charge in [-0.25, -0.2) is 4.79 Å². The number of unbranched alkanes of at least 4 members (excludes halogenated alkanes) is 2. The minimum absolute atomic E-state index is 0.0522. The number of carbonyl (C=O) groups is 1. The molecule has 10 heteroatoms. The first-order valence-corrected chi connectivity index (χ1v) is 10.9. The second-order valence-electron chi connectivity index (χ2n) is 7.48. The number of aryl methyl sites for hydroxylation is 1. The Morgan fingerprint density at radius 2 is 2.13 bits per heavy atom. The highest BCUT2D eigenvalue weighted by Gasteiger charge is 2.36. The first-order chi connectivity index (χ1) is 14.7. The number of aliphatic carboxylic acids is 1. The molecule has 0 unspecified atom stereocenters. The minimum Gasteiger partial charge on any atom is -0.480 e. The van der Waals surface area contributed by atoms with Crippen LogP contribution >= 0.6 is 11.8 Å². The van der Waals surface area contributed by atoms with Gasteiger partial charge in [-0.3, -0.25) is 14.5 Å². The third-order valence-electron chi connectivity index (χ3n) is 5.43. The van der Waals surface area contributed by atoms with E-state index in [2.05, 4.69) is 17.1 Å². The zero-order chi connectivity index (χ0) is 22.3. The Labute approximate surface area is 179 Å². The molecule has 1 aliphatic heterocycles. The average molecular weight is 451 g/mol. The predicted octanol–water partition coefficient (Wildman–Crippen LogP) is 4.87. The van der Waals surface area contributed by atoms with Crippen LogP contribution in [0.4, 0.5) is 13.2 Å². The van der Waals surface area contributed by atoms with Crippen molar-refractivity contribution >= 4 is 28.6 Å². The van der Waals surface area contributed by atoms with Crippen LogP contribution in [0.25, 0.3) is 22.0 Å². The first kappa shape index (κ1) is 21.5. The monoisotopic (exact) mass is 451 g/mol. The minimum atomic E-state index is -4.53. The van der Waals surface area contributed by atoms with Crippen molar-refractivity contribution in [2.45, 2.75) is 49.9 Å². The fourth-order valence-corrected chi connectivity index (χ4v) is 5.25. The van der Waals surface area contributed by atoms with Crippen LogP contribution in [0.3, 0.4) is 0 Å². The third-order valence-corrected chi connectivity index (χ3v) is 6.59. The highest BCUT2D eigenvalue weighted by Crippen LogP contribution is 2.44. The van der Waals surface area contributed by atoms with Gasteiger partial charge in [0.2, 0.25) is 0 Å². The second kappa shape index (κ2) is 8.07. The van der Waals surface area contributed by atoms with Gasteiger partial charge in [0.05, 0.1) is 10.6 Å². The fraction of sp³-hybridized carbons (Fsp3) is 0.381. The Kier molecular flexibility index (Phi) is 5.59. The highest BCUT2D eigenvalue weighted by molar-refractivity contribution is 7.99. The van der Waals surface area contributed by atoms with E-state index in [1.54, 1.807) is 6.07 Å². The second-order valence-corrected chi connectivity index (χ2v) is 8.49. The zero-order valence-electron chi connectivity index (χ0n) is 16.6. The number of halogens is 3. The largest absolute Gasteiger partial charge is 0.480 e. The number of pyridine rings is 1. The van der Waals surface area contributed by atoms with Crippen LogP contribution in [0.5, 0.6) is 0 Å². The Morgan fingerprint density at radius 3 is 2.81 bits per heavy atom. The van der Waals surface area contributed by atoms with Crippen molar-refractivity contribution in [1.82, 2.24) is 14.8 Å². The molecule has 1 atom stereocenters. The topological polar surface area (TPSA) is 88.0 Å². The molecular formula is C21H20F3N3O3S. The number of carboxylic acid groups (broad SMARTS) is 1. The van der Waals surface area contributed by atoms with Crippen molar-refractivity contribution in [2.75, 3.05) is 5.75 Å². The third kappa shape index (κ3) is 3.73. The lowest BCUT2D eigenvalue weighted by Crippen LogP contribution is -2.29. The average Bonchev–Trinajstić information content (AvgIpc) is 3.34. The molecule has 3 heterocycles. The number of hydrogen-bond acceptors (Lipinski definition) is 4. The van der Waals surface area contributed by atoms with E-state index in [0.29, 0.717) is 28.1 Å². The number of carboxylic acids is 1. The van der Waals surface area contributed by atoms with Gasteiger partial charge < -0.3 is 5.11 Å². The van der Waals surface area contributed by atoms with E-state index >= 15 is 0 Å². The van der Waals surface area contributed by atoms with Gasteiger partial charge in [0.15, 0.2) is 5.52 Å². The van der Waals surface area contributed by atoms with Gasteiger partial charge in [0, 0.05) is 22.4 Å². The number of alkyl halides is 3. The molecule has 4 rings (SSSR count). The SMILES string of the molecule is CCCCCc1[nH]nc2c(=O)n3c(c(-c4cccc(C(F)(F)F)c4)c12)SC[C@H]3C(=O)O. The van der Waals surface area contributed by atoms with Crippen LogP contribution < -0.4 is 5.56 Å². The summed E-state index contributed by atoms with van der Waals surface area (Å²) in [4.78, 5) is 24.8. The molecule has 1 aliphatic rings. The number of fused-ring (bicyclic) bond motifs is 2. The molecular weight excluding hydrogens is 431 g/mol. The van der Waals surface area contributed by atoms with E-state index in [9.17, 15) is 27.9 Å². The van der Waals surface area contributed by atoms with Crippen LogP contribution in [0.15, 0.2) is 34.1 Å². The number of aromatic amines is 1. The van der Waals surface area contributed by atoms with E-state index in [4.69, 9.17) is 0 Å². The van der Waals surface area contributed by atoms with Crippen LogP contribution in [0.1, 0.15) is 43.5 Å². The van der Waals surface area contributed by atoms with Crippen LogP contribution in [-0.4, -0.2) is 31.6 Å². The maximum Gasteiger partial charge on any atom is 0.416 e. The van der Waals surface area contributed by atoms with Crippen LogP contribution in [-0.2, 0) is 17.4 Å². The number of H-pyrrole nitrogens is 1. The number of benzene rings is 1. The Morgan fingerprint density at radius 1 is 1.35 bits per heavy atom. The van der Waals surface area contributed by atoms with Gasteiger partial charge in [0.1, 0.15) is 6.04 Å². The van der Waals surface area contributed by atoms with Gasteiger partial charge in [-0.05, 0) is 30.5 Å². The molecule has 0 amide bonds. The van der Waals surface area contributed by atoms with Gasteiger partial charge in [-0.2, -0.15) is 18.3 Å². The molecule has 31 heavy (non-hydrogen) atoms. The van der Waals surface area contributed by atoms with Gasteiger partial charge >= 0.3 is 12.1 Å². The van der Waals surface area contributed by atoms with Crippen LogP contribution in [0.2, 0.25) is 0 Å². The number of hydrogen-bond donors (Lipinski definition) is 2. The molecule has 164 valence electrons. The van der Waals surface area contributed by atoms with Crippen molar-refractivity contribution in [3.05, 3.63) is 45.9 Å². The summed E-state index contributed by atoms with van der Waals surface area (Å²) in [6.45, 7) is 2.06. The van der Waals surface area contributed by atoms with Crippen molar-refractivity contribution in [3.63, 3.8) is 0 Å². The predicted molar refractivity (Wildman–Crippen MR) is 111 cm³/mol. The summed E-state index contributed by atoms with van der Waals surface area (Å²) in [5.41, 5.74) is 0.0788. The Hall–Kier alpha value is -2.75. The smallest absolute Gasteiger partial charge is 0.416 e. The highest BCUT2D eigenvalue weighted by atomic mass is 32.2. The van der Waals surface area contributed by atoms with E-state index in [1.165, 1.54) is 17.8 Å². The van der Waals surface area contributed by atoms with Crippen molar-refractivity contribution in [1.29, 1.82) is 0 Å². The summed E-state index contributed by atoms with van der Waals surface area (Å²) in [6.07, 6.45) is -1.16. The van der Waals surface area contributed by atoms with E-state index < -0.39 is 29.3 Å². The lowest BCUT2D eigenvalue weighted by molar-refractivity contribution is -0.140. The summed E-state index contributed by atoms with van der Waals surface area (Å²) in [7, 11) is 0. The molecule has 0 saturated heterocycles. The Bertz CT molecular complexity index is 1220. The van der Waals surface area contributed by atoms with Gasteiger partial charge in [-0.15, -0.1) is 11.8 Å². The number of thioether (sulfide) groups is 1.